The molecule has 0 unspecified atom stereocenters. The topological polar surface area (TPSA) is 120 Å². The average molecular weight is 682 g/mol. The molecule has 3 N–H and O–H groups in total. The molecule has 230 valence electrons. The van der Waals surface area contributed by atoms with Crippen LogP contribution in [-0.2, 0) is 20.9 Å². The second-order valence-corrected chi connectivity index (χ2v) is 11.0. The van der Waals surface area contributed by atoms with Gasteiger partial charge in [-0.05, 0) is 72.7 Å². The number of hydrogen-bond donors (Lipinski definition) is 3. The molecule has 3 aromatic rings. The van der Waals surface area contributed by atoms with Crippen molar-refractivity contribution in [2.24, 2.45) is 5.10 Å². The summed E-state index contributed by atoms with van der Waals surface area (Å²) in [7, 11) is 1.56. The maximum atomic E-state index is 12.8. The maximum Gasteiger partial charge on any atom is 0.338 e. The van der Waals surface area contributed by atoms with E-state index in [2.05, 4.69) is 37.1 Å². The molecule has 12 heteroatoms. The van der Waals surface area contributed by atoms with Crippen LogP contribution in [0.2, 0.25) is 0 Å². The molecule has 1 heterocycles. The van der Waals surface area contributed by atoms with E-state index in [4.69, 9.17) is 31.2 Å². The van der Waals surface area contributed by atoms with Crippen molar-refractivity contribution in [1.29, 1.82) is 0 Å². The van der Waals surface area contributed by atoms with E-state index in [0.717, 1.165) is 5.56 Å². The predicted molar refractivity (Wildman–Crippen MR) is 175 cm³/mol. The molecule has 0 saturated heterocycles. The number of benzene rings is 3. The Hall–Kier alpha value is -4.42. The van der Waals surface area contributed by atoms with Crippen LogP contribution in [0, 0.1) is 6.92 Å². The zero-order chi connectivity index (χ0) is 31.6. The molecule has 1 aliphatic rings. The minimum absolute atomic E-state index is 0.223. The Morgan fingerprint density at radius 2 is 1.80 bits per heavy atom. The third-order valence-electron chi connectivity index (χ3n) is 6.54. The maximum absolute atomic E-state index is 12.8. The number of hydrogen-bond acceptors (Lipinski definition) is 8. The van der Waals surface area contributed by atoms with Crippen molar-refractivity contribution >= 4 is 51.4 Å². The molecule has 4 rings (SSSR count). The number of ether oxygens (including phenoxy) is 4. The van der Waals surface area contributed by atoms with Gasteiger partial charge in [0.2, 0.25) is 0 Å². The van der Waals surface area contributed by atoms with Crippen molar-refractivity contribution in [2.75, 3.05) is 20.3 Å². The fraction of sp³-hybridized carbons (Fsp3) is 0.250. The van der Waals surface area contributed by atoms with Crippen molar-refractivity contribution in [3.8, 4) is 17.2 Å². The summed E-state index contributed by atoms with van der Waals surface area (Å²) in [5, 5.41) is 10.5. The van der Waals surface area contributed by atoms with Crippen LogP contribution in [-0.4, -0.2) is 43.5 Å². The summed E-state index contributed by atoms with van der Waals surface area (Å²) in [4.78, 5) is 25.4. The van der Waals surface area contributed by atoms with Crippen molar-refractivity contribution in [2.45, 2.75) is 33.4 Å². The van der Waals surface area contributed by atoms with Crippen LogP contribution in [0.5, 0.6) is 17.2 Å². The number of rotatable bonds is 12. The van der Waals surface area contributed by atoms with Gasteiger partial charge >= 0.3 is 5.97 Å². The summed E-state index contributed by atoms with van der Waals surface area (Å²) in [5.74, 6) is 0.521. The molecule has 44 heavy (non-hydrogen) atoms. The Balaban J connectivity index is 1.39. The first-order chi connectivity index (χ1) is 21.2. The Morgan fingerprint density at radius 1 is 1.05 bits per heavy atom. The fourth-order valence-corrected chi connectivity index (χ4v) is 5.07. The van der Waals surface area contributed by atoms with Gasteiger partial charge in [-0.2, -0.15) is 5.10 Å². The number of thiocarbonyl (C=S) groups is 1. The summed E-state index contributed by atoms with van der Waals surface area (Å²) < 4.78 is 23.3. The van der Waals surface area contributed by atoms with Crippen LogP contribution in [0.3, 0.4) is 0 Å². The van der Waals surface area contributed by atoms with Gasteiger partial charge < -0.3 is 29.6 Å². The lowest BCUT2D eigenvalue weighted by Crippen LogP contribution is -2.45. The summed E-state index contributed by atoms with van der Waals surface area (Å²) in [6.45, 7) is 5.81. The Labute approximate surface area is 269 Å². The SMILES string of the molecule is CCOC(=O)C1=C(C)NC(=S)N[C@@H]1c1ccccc1OCC(=O)NN=Cc1cc(OC)c(OCc2ccc(C)cc2)cc1Br. The molecular weight excluding hydrogens is 648 g/mol. The van der Waals surface area contributed by atoms with E-state index in [-0.39, 0.29) is 13.2 Å². The summed E-state index contributed by atoms with van der Waals surface area (Å²) >= 11 is 8.86. The first kappa shape index (κ1) is 32.5. The molecule has 1 aliphatic heterocycles. The molecule has 10 nitrogen and oxygen atoms in total. The molecule has 0 fully saturated rings. The zero-order valence-electron chi connectivity index (χ0n) is 24.7. The number of halogens is 1. The van der Waals surface area contributed by atoms with E-state index in [1.165, 1.54) is 11.8 Å². The number of amides is 1. The van der Waals surface area contributed by atoms with E-state index in [1.54, 1.807) is 51.3 Å². The Morgan fingerprint density at radius 3 is 2.52 bits per heavy atom. The lowest BCUT2D eigenvalue weighted by molar-refractivity contribution is -0.139. The van der Waals surface area contributed by atoms with Crippen LogP contribution < -0.4 is 30.3 Å². The second-order valence-electron chi connectivity index (χ2n) is 9.71. The highest BCUT2D eigenvalue weighted by molar-refractivity contribution is 9.10. The number of nitrogens with zero attached hydrogens (tertiary/aromatic N) is 1. The van der Waals surface area contributed by atoms with Crippen molar-refractivity contribution < 1.29 is 28.5 Å². The van der Waals surface area contributed by atoms with Crippen molar-refractivity contribution in [3.63, 3.8) is 0 Å². The first-order valence-electron chi connectivity index (χ1n) is 13.7. The van der Waals surface area contributed by atoms with Gasteiger partial charge in [0.05, 0.1) is 31.5 Å². The highest BCUT2D eigenvalue weighted by Gasteiger charge is 2.32. The van der Waals surface area contributed by atoms with Crippen LogP contribution in [0.25, 0.3) is 0 Å². The summed E-state index contributed by atoms with van der Waals surface area (Å²) in [6.07, 6.45) is 1.49. The van der Waals surface area contributed by atoms with Gasteiger partial charge in [0, 0.05) is 21.3 Å². The summed E-state index contributed by atoms with van der Waals surface area (Å²) in [5.41, 5.74) is 6.92. The van der Waals surface area contributed by atoms with Crippen molar-refractivity contribution in [1.82, 2.24) is 16.1 Å². The van der Waals surface area contributed by atoms with Gasteiger partial charge in [0.15, 0.2) is 23.2 Å². The van der Waals surface area contributed by atoms with Crippen LogP contribution in [0.4, 0.5) is 0 Å². The molecule has 1 amide bonds. The molecule has 0 radical (unpaired) electrons. The van der Waals surface area contributed by atoms with E-state index >= 15 is 0 Å². The van der Waals surface area contributed by atoms with Gasteiger partial charge in [-0.1, -0.05) is 48.0 Å². The molecule has 0 saturated carbocycles. The Kier molecular flexibility index (Phi) is 11.3. The highest BCUT2D eigenvalue weighted by atomic mass is 79.9. The second kappa shape index (κ2) is 15.3. The molecule has 0 spiro atoms. The van der Waals surface area contributed by atoms with E-state index in [9.17, 15) is 9.59 Å². The monoisotopic (exact) mass is 680 g/mol. The lowest BCUT2D eigenvalue weighted by atomic mass is 9.95. The zero-order valence-corrected chi connectivity index (χ0v) is 27.1. The van der Waals surface area contributed by atoms with Crippen LogP contribution >= 0.6 is 28.1 Å². The van der Waals surface area contributed by atoms with Gasteiger partial charge in [0.25, 0.3) is 5.91 Å². The van der Waals surface area contributed by atoms with Crippen LogP contribution in [0.1, 0.15) is 42.1 Å². The van der Waals surface area contributed by atoms with Gasteiger partial charge in [-0.25, -0.2) is 10.2 Å². The number of carbonyl (C=O) groups excluding carboxylic acids is 2. The normalized spacial score (nSPS) is 14.5. The quantitative estimate of drug-likeness (QED) is 0.102. The number of methoxy groups -OCH3 is 1. The number of hydrazone groups is 1. The number of para-hydroxylation sites is 1. The lowest BCUT2D eigenvalue weighted by Gasteiger charge is -2.30. The highest BCUT2D eigenvalue weighted by Crippen LogP contribution is 2.35. The number of nitrogens with one attached hydrogen (secondary N) is 3. The molecular formula is C32H33BrN4O6S. The van der Waals surface area contributed by atoms with Gasteiger partial charge in [0.1, 0.15) is 12.4 Å². The molecule has 0 bridgehead atoms. The smallest absolute Gasteiger partial charge is 0.338 e. The largest absolute Gasteiger partial charge is 0.493 e. The third kappa shape index (κ3) is 8.35. The third-order valence-corrected chi connectivity index (χ3v) is 7.45. The predicted octanol–water partition coefficient (Wildman–Crippen LogP) is 5.23. The number of carbonyl (C=O) groups is 2. The molecule has 3 aromatic carbocycles. The standard InChI is InChI=1S/C32H33BrN4O6S/c1-5-41-31(39)29-20(3)35-32(44)36-30(29)23-8-6-7-9-25(23)43-18-28(38)37-34-16-22-14-26(40-4)27(15-24(22)33)42-17-21-12-10-19(2)11-13-21/h6-16,30H,5,17-18H2,1-4H3,(H,37,38)(H2,35,36,44)/t30-/m1/s1. The minimum Gasteiger partial charge on any atom is -0.493 e. The van der Waals surface area contributed by atoms with E-state index < -0.39 is 17.9 Å². The first-order valence-corrected chi connectivity index (χ1v) is 14.9. The molecule has 1 atom stereocenters. The number of allylic oxidation sites excluding steroid dienone is 1. The van der Waals surface area contributed by atoms with Gasteiger partial charge in [-0.3, -0.25) is 4.79 Å². The minimum atomic E-state index is -0.628. The van der Waals surface area contributed by atoms with E-state index in [0.29, 0.717) is 55.8 Å². The van der Waals surface area contributed by atoms with E-state index in [1.807, 2.05) is 37.3 Å². The Bertz CT molecular complexity index is 1590. The number of aryl methyl sites for hydroxylation is 1. The van der Waals surface area contributed by atoms with Crippen LogP contribution in [0.15, 0.2) is 81.5 Å². The van der Waals surface area contributed by atoms with Crippen molar-refractivity contribution in [3.05, 3.63) is 98.7 Å². The van der Waals surface area contributed by atoms with Gasteiger partial charge in [-0.15, -0.1) is 0 Å². The fourth-order valence-electron chi connectivity index (χ4n) is 4.37. The number of esters is 1. The molecule has 0 aliphatic carbocycles. The summed E-state index contributed by atoms with van der Waals surface area (Å²) in [6, 6.07) is 18.1. The molecule has 0 aromatic heterocycles. The average Bonchev–Trinajstić information content (AvgIpc) is 3.00.